The molecule has 7 nitrogen and oxygen atoms in total. The van der Waals surface area contributed by atoms with Gasteiger partial charge in [0.05, 0.1) is 5.97 Å². The Labute approximate surface area is 97.1 Å². The standard InChI is InChI=1S/C9H12NO6P/c10-8(9(11)12)5-6-1-3-7(4-2-6)16-17(13,14)15/h1-4,8H,5,10H2,(H,11,12)(H2,13,14,15)/p-2. The Hall–Kier alpha value is -1.40. The second-order valence-corrected chi connectivity index (χ2v) is 4.48. The van der Waals surface area contributed by atoms with Crippen molar-refractivity contribution in [2.24, 2.45) is 0 Å². The van der Waals surface area contributed by atoms with E-state index in [0.717, 1.165) is 0 Å². The summed E-state index contributed by atoms with van der Waals surface area (Å²) in [6.07, 6.45) is 0.148. The van der Waals surface area contributed by atoms with E-state index in [9.17, 15) is 24.3 Å². The highest BCUT2D eigenvalue weighted by Gasteiger charge is 2.08. The zero-order valence-electron chi connectivity index (χ0n) is 8.70. The van der Waals surface area contributed by atoms with Crippen molar-refractivity contribution in [2.75, 3.05) is 0 Å². The molecule has 1 unspecified atom stereocenters. The molecule has 17 heavy (non-hydrogen) atoms. The van der Waals surface area contributed by atoms with E-state index in [1.807, 2.05) is 0 Å². The molecule has 0 saturated carbocycles. The van der Waals surface area contributed by atoms with Gasteiger partial charge in [0, 0.05) is 6.42 Å². The SMILES string of the molecule is [NH3+]C(Cc1ccc(OP(=O)([O-])[O-])cc1)C(=O)[O-]. The van der Waals surface area contributed by atoms with Gasteiger partial charge in [0.1, 0.15) is 19.6 Å². The summed E-state index contributed by atoms with van der Waals surface area (Å²) in [5.74, 6) is -1.38. The van der Waals surface area contributed by atoms with Gasteiger partial charge in [-0.05, 0) is 17.7 Å². The molecule has 0 aliphatic rings. The molecule has 94 valence electrons. The molecule has 1 aromatic carbocycles. The Bertz CT molecular complexity index is 439. The normalized spacial score (nSPS) is 13.1. The molecule has 0 aliphatic heterocycles. The number of quaternary nitrogens is 1. The quantitative estimate of drug-likeness (QED) is 0.552. The number of hydrogen-bond donors (Lipinski definition) is 1. The first-order chi connectivity index (χ1) is 7.78. The van der Waals surface area contributed by atoms with Crippen LogP contribution in [-0.2, 0) is 15.8 Å². The molecular weight excluding hydrogens is 249 g/mol. The van der Waals surface area contributed by atoms with E-state index in [1.165, 1.54) is 24.3 Å². The minimum Gasteiger partial charge on any atom is -0.780 e. The number of benzene rings is 1. The van der Waals surface area contributed by atoms with Gasteiger partial charge in [-0.3, -0.25) is 0 Å². The third-order valence-electron chi connectivity index (χ3n) is 1.96. The van der Waals surface area contributed by atoms with Crippen LogP contribution < -0.4 is 25.2 Å². The number of aliphatic carboxylic acids is 1. The molecule has 3 N–H and O–H groups in total. The van der Waals surface area contributed by atoms with Crippen LogP contribution in [0.15, 0.2) is 24.3 Å². The van der Waals surface area contributed by atoms with Crippen LogP contribution >= 0.6 is 7.82 Å². The first kappa shape index (κ1) is 13.7. The van der Waals surface area contributed by atoms with E-state index >= 15 is 0 Å². The molecule has 0 fully saturated rings. The Kier molecular flexibility index (Phi) is 4.25. The fraction of sp³-hybridized carbons (Fsp3) is 0.222. The minimum atomic E-state index is -5.06. The zero-order chi connectivity index (χ0) is 13.1. The number of rotatable bonds is 5. The van der Waals surface area contributed by atoms with Crippen molar-refractivity contribution in [3.8, 4) is 5.75 Å². The fourth-order valence-corrected chi connectivity index (χ4v) is 1.56. The van der Waals surface area contributed by atoms with Crippen LogP contribution in [0.3, 0.4) is 0 Å². The highest BCUT2D eigenvalue weighted by molar-refractivity contribution is 7.43. The molecule has 0 saturated heterocycles. The van der Waals surface area contributed by atoms with E-state index in [2.05, 4.69) is 10.3 Å². The first-order valence-corrected chi connectivity index (χ1v) is 6.08. The molecule has 1 rings (SSSR count). The third kappa shape index (κ3) is 4.97. The van der Waals surface area contributed by atoms with Gasteiger partial charge >= 0.3 is 0 Å². The Morgan fingerprint density at radius 3 is 2.29 bits per heavy atom. The highest BCUT2D eigenvalue weighted by atomic mass is 31.2. The number of phosphoric ester groups is 1. The van der Waals surface area contributed by atoms with Gasteiger partial charge < -0.3 is 34.5 Å². The maximum Gasteiger partial charge on any atom is 0.129 e. The van der Waals surface area contributed by atoms with Crippen LogP contribution in [0.2, 0.25) is 0 Å². The van der Waals surface area contributed by atoms with Gasteiger partial charge in [-0.25, -0.2) is 0 Å². The Morgan fingerprint density at radius 2 is 1.88 bits per heavy atom. The summed E-state index contributed by atoms with van der Waals surface area (Å²) >= 11 is 0. The average molecular weight is 259 g/mol. The van der Waals surface area contributed by atoms with Gasteiger partial charge in [0.2, 0.25) is 0 Å². The molecular formula is C9H10NO6P-2. The molecule has 0 amide bonds. The van der Waals surface area contributed by atoms with Crippen molar-refractivity contribution in [3.63, 3.8) is 0 Å². The summed E-state index contributed by atoms with van der Waals surface area (Å²) in [4.78, 5) is 31.1. The second kappa shape index (κ2) is 5.29. The van der Waals surface area contributed by atoms with Gasteiger partial charge in [-0.2, -0.15) is 0 Å². The minimum absolute atomic E-state index is 0.115. The predicted molar refractivity (Wildman–Crippen MR) is 50.1 cm³/mol. The molecule has 0 aromatic heterocycles. The Morgan fingerprint density at radius 1 is 1.35 bits per heavy atom. The Balaban J connectivity index is 2.68. The lowest BCUT2D eigenvalue weighted by Gasteiger charge is -2.29. The number of phosphoric acid groups is 1. The number of hydrogen-bond acceptors (Lipinski definition) is 6. The van der Waals surface area contributed by atoms with Crippen LogP contribution in [0.25, 0.3) is 0 Å². The number of carboxylic acid groups (broad SMARTS) is 1. The average Bonchev–Trinajstić information content (AvgIpc) is 2.18. The van der Waals surface area contributed by atoms with E-state index in [4.69, 9.17) is 0 Å². The first-order valence-electron chi connectivity index (χ1n) is 4.62. The van der Waals surface area contributed by atoms with Gasteiger partial charge in [-0.1, -0.05) is 12.1 Å². The maximum absolute atomic E-state index is 10.4. The molecule has 0 heterocycles. The number of carbonyl (C=O) groups is 1. The van der Waals surface area contributed by atoms with Crippen molar-refractivity contribution in [1.82, 2.24) is 0 Å². The highest BCUT2D eigenvalue weighted by Crippen LogP contribution is 2.28. The van der Waals surface area contributed by atoms with Crippen molar-refractivity contribution in [2.45, 2.75) is 12.5 Å². The lowest BCUT2D eigenvalue weighted by molar-refractivity contribution is -0.437. The van der Waals surface area contributed by atoms with E-state index < -0.39 is 19.8 Å². The third-order valence-corrected chi connectivity index (χ3v) is 2.39. The lowest BCUT2D eigenvalue weighted by Crippen LogP contribution is -2.69. The maximum atomic E-state index is 10.4. The monoisotopic (exact) mass is 259 g/mol. The van der Waals surface area contributed by atoms with Crippen LogP contribution in [0.1, 0.15) is 5.56 Å². The summed E-state index contributed by atoms with van der Waals surface area (Å²) < 4.78 is 14.4. The molecule has 0 radical (unpaired) electrons. The second-order valence-electron chi connectivity index (χ2n) is 3.40. The summed E-state index contributed by atoms with van der Waals surface area (Å²) in [6.45, 7) is 0. The summed E-state index contributed by atoms with van der Waals surface area (Å²) in [7, 11) is -5.06. The van der Waals surface area contributed by atoms with Crippen LogP contribution in [-0.4, -0.2) is 12.0 Å². The zero-order valence-corrected chi connectivity index (χ0v) is 9.59. The van der Waals surface area contributed by atoms with Crippen molar-refractivity contribution >= 4 is 13.8 Å². The van der Waals surface area contributed by atoms with E-state index in [-0.39, 0.29) is 12.2 Å². The van der Waals surface area contributed by atoms with Crippen LogP contribution in [0.4, 0.5) is 0 Å². The van der Waals surface area contributed by atoms with Crippen molar-refractivity contribution in [1.29, 1.82) is 0 Å². The van der Waals surface area contributed by atoms with Crippen molar-refractivity contribution < 1.29 is 34.5 Å². The van der Waals surface area contributed by atoms with E-state index in [0.29, 0.717) is 5.56 Å². The van der Waals surface area contributed by atoms with E-state index in [1.54, 1.807) is 0 Å². The molecule has 1 atom stereocenters. The van der Waals surface area contributed by atoms with Crippen LogP contribution in [0.5, 0.6) is 5.75 Å². The van der Waals surface area contributed by atoms with Gasteiger partial charge in [0.15, 0.2) is 0 Å². The van der Waals surface area contributed by atoms with Gasteiger partial charge in [0.25, 0.3) is 0 Å². The van der Waals surface area contributed by atoms with Gasteiger partial charge in [-0.15, -0.1) is 0 Å². The van der Waals surface area contributed by atoms with Crippen molar-refractivity contribution in [3.05, 3.63) is 29.8 Å². The summed E-state index contributed by atoms with van der Waals surface area (Å²) in [5, 5.41) is 10.4. The number of carboxylic acids is 1. The number of carbonyl (C=O) groups excluding carboxylic acids is 1. The molecule has 0 bridgehead atoms. The molecule has 8 heteroatoms. The predicted octanol–water partition coefficient (Wildman–Crippen LogP) is -3.20. The largest absolute Gasteiger partial charge is 0.780 e. The summed E-state index contributed by atoms with van der Waals surface area (Å²) in [5.41, 5.74) is 4.00. The summed E-state index contributed by atoms with van der Waals surface area (Å²) in [6, 6.07) is 4.53. The molecule has 1 aromatic rings. The topological polar surface area (TPSA) is 140 Å². The molecule has 0 spiro atoms. The van der Waals surface area contributed by atoms with Crippen LogP contribution in [0, 0.1) is 0 Å². The molecule has 0 aliphatic carbocycles. The lowest BCUT2D eigenvalue weighted by atomic mass is 10.1. The fourth-order valence-electron chi connectivity index (χ4n) is 1.18. The smallest absolute Gasteiger partial charge is 0.129 e.